The number of alkyl halides is 1. The Balaban J connectivity index is 0.00000840. The van der Waals surface area contributed by atoms with Crippen LogP contribution >= 0.6 is 15.9 Å². The van der Waals surface area contributed by atoms with Gasteiger partial charge in [-0.2, -0.15) is 4.58 Å². The van der Waals surface area contributed by atoms with Crippen LogP contribution in [0.3, 0.4) is 0 Å². The van der Waals surface area contributed by atoms with Crippen molar-refractivity contribution in [2.75, 3.05) is 61.1 Å². The number of hydrogen-bond donors (Lipinski definition) is 2. The van der Waals surface area contributed by atoms with Crippen molar-refractivity contribution in [2.24, 2.45) is 0 Å². The molecule has 2 aliphatic heterocycles. The fourth-order valence-electron chi connectivity index (χ4n) is 7.96. The first kappa shape index (κ1) is 67.9. The molecule has 0 radical (unpaired) electrons. The van der Waals surface area contributed by atoms with Crippen LogP contribution in [-0.4, -0.2) is 130 Å². The standard InChI is InChI=1S/C44H59BrN4O15S4.3Na/c1-43(2)35-28-33(67(58,59)60)17-19-37(35)48(23-26-65(52,53)54)39(43)15-9-12-32(14-11-25-64-31-42(51)47-22-8-6-5-7-21-46-41(50)30-45)13-10-16-40-44(3,4)36-29-34(68(61,62)63)18-20-38(36)49(40)24-27-66(55,56)57;;;/h9-10,12-13,15-20,28-29H,5-8,11,14,21-27,30-31H2,1-4H3,(H5-,46,47,50,51,52,53,54,55,56,57,58,59,60,61,62,63);;;/q;3*+1/p-3. The first-order valence-corrected chi connectivity index (χ1v) is 28.6. The minimum atomic E-state index is -4.85. The van der Waals surface area contributed by atoms with Gasteiger partial charge in [0.05, 0.1) is 42.2 Å². The number of nitrogens with zero attached hydrogens (tertiary/aromatic N) is 2. The maximum atomic E-state index is 12.4. The third-order valence-corrected chi connectivity index (χ3v) is 15.0. The summed E-state index contributed by atoms with van der Waals surface area (Å²) in [5, 5.41) is 5.85. The number of allylic oxidation sites excluding steroid dienone is 8. The maximum absolute atomic E-state index is 12.4. The zero-order valence-corrected chi connectivity index (χ0v) is 51.9. The minimum Gasteiger partial charge on any atom is -0.748 e. The molecule has 2 heterocycles. The van der Waals surface area contributed by atoms with Crippen molar-refractivity contribution in [1.29, 1.82) is 0 Å². The first-order chi connectivity index (χ1) is 31.6. The number of carbonyl (C=O) groups excluding carboxylic acids is 2. The molecule has 0 unspecified atom stereocenters. The molecule has 0 saturated heterocycles. The summed E-state index contributed by atoms with van der Waals surface area (Å²) in [7, 11) is -19.1. The molecule has 0 spiro atoms. The molecule has 376 valence electrons. The smallest absolute Gasteiger partial charge is 0.748 e. The van der Waals surface area contributed by atoms with Gasteiger partial charge in [-0.25, -0.2) is 33.7 Å². The molecule has 2 N–H and O–H groups in total. The van der Waals surface area contributed by atoms with E-state index in [1.54, 1.807) is 73.6 Å². The van der Waals surface area contributed by atoms with Crippen molar-refractivity contribution in [3.63, 3.8) is 0 Å². The Morgan fingerprint density at radius 1 is 0.732 bits per heavy atom. The molecule has 4 rings (SSSR count). The zero-order chi connectivity index (χ0) is 50.7. The number of rotatable bonds is 26. The van der Waals surface area contributed by atoms with Crippen molar-refractivity contribution < 1.29 is 159 Å². The fourth-order valence-corrected chi connectivity index (χ4v) is 9.96. The van der Waals surface area contributed by atoms with Gasteiger partial charge in [-0.15, -0.1) is 0 Å². The van der Waals surface area contributed by atoms with E-state index in [1.807, 2.05) is 0 Å². The minimum absolute atomic E-state index is 0. The van der Waals surface area contributed by atoms with Crippen molar-refractivity contribution in [3.8, 4) is 0 Å². The average Bonchev–Trinajstić information content (AvgIpc) is 3.58. The Bertz CT molecular complexity index is 2840. The van der Waals surface area contributed by atoms with Crippen LogP contribution < -0.4 is 104 Å². The number of unbranched alkanes of at least 4 members (excludes halogenated alkanes) is 3. The van der Waals surface area contributed by atoms with Crippen LogP contribution in [0.25, 0.3) is 0 Å². The number of benzene rings is 2. The van der Waals surface area contributed by atoms with Crippen LogP contribution in [0, 0.1) is 0 Å². The van der Waals surface area contributed by atoms with Gasteiger partial charge >= 0.3 is 88.7 Å². The molecule has 0 aliphatic carbocycles. The number of carbonyl (C=O) groups is 2. The molecule has 2 aromatic rings. The van der Waals surface area contributed by atoms with Crippen molar-refractivity contribution >= 4 is 85.3 Å². The number of fused-ring (bicyclic) bond motifs is 2. The Morgan fingerprint density at radius 3 is 1.86 bits per heavy atom. The SMILES string of the molecule is CC1(C)C(=CC=CC(=CC=CC2=[N+](CCS(=O)(=O)[O-])c3ccc(S(=O)(=O)[O-])cc3C2(C)C)CCCOCC(=O)NCCCCCCNC(=O)CBr)N(CCS(=O)(=O)[O-])c2ccc(S(=O)(=O)[O-])cc21.[Na+].[Na+].[Na+]. The predicted octanol–water partition coefficient (Wildman–Crippen LogP) is -5.32. The molecule has 27 heteroatoms. The molecule has 19 nitrogen and oxygen atoms in total. The maximum Gasteiger partial charge on any atom is 1.00 e. The second-order valence-electron chi connectivity index (χ2n) is 17.1. The van der Waals surface area contributed by atoms with E-state index in [0.717, 1.165) is 37.8 Å². The predicted molar refractivity (Wildman–Crippen MR) is 254 cm³/mol. The summed E-state index contributed by atoms with van der Waals surface area (Å²) >= 11 is 3.10. The summed E-state index contributed by atoms with van der Waals surface area (Å²) in [4.78, 5) is 24.4. The van der Waals surface area contributed by atoms with Crippen LogP contribution in [0.15, 0.2) is 93.9 Å². The van der Waals surface area contributed by atoms with E-state index in [-0.39, 0.29) is 132 Å². The third kappa shape index (κ3) is 20.7. The molecular formula is C44H56BrN4Na3O15S4. The van der Waals surface area contributed by atoms with E-state index in [1.165, 1.54) is 24.3 Å². The van der Waals surface area contributed by atoms with Crippen LogP contribution in [0.2, 0.25) is 0 Å². The summed E-state index contributed by atoms with van der Waals surface area (Å²) < 4.78 is 149. The van der Waals surface area contributed by atoms with Crippen LogP contribution in [0.4, 0.5) is 11.4 Å². The summed E-state index contributed by atoms with van der Waals surface area (Å²) in [6.07, 6.45) is 14.3. The van der Waals surface area contributed by atoms with Gasteiger partial charge < -0.3 is 38.5 Å². The van der Waals surface area contributed by atoms with Gasteiger partial charge in [-0.1, -0.05) is 66.9 Å². The quantitative estimate of drug-likeness (QED) is 0.0222. The Labute approximate surface area is 492 Å². The van der Waals surface area contributed by atoms with Crippen LogP contribution in [0.1, 0.15) is 77.3 Å². The van der Waals surface area contributed by atoms with Gasteiger partial charge in [0.1, 0.15) is 37.0 Å². The van der Waals surface area contributed by atoms with E-state index in [0.29, 0.717) is 65.4 Å². The van der Waals surface area contributed by atoms with Crippen molar-refractivity contribution in [1.82, 2.24) is 10.6 Å². The van der Waals surface area contributed by atoms with E-state index >= 15 is 0 Å². The zero-order valence-electron chi connectivity index (χ0n) is 41.1. The molecule has 0 saturated carbocycles. The van der Waals surface area contributed by atoms with Crippen LogP contribution in [0.5, 0.6) is 0 Å². The van der Waals surface area contributed by atoms with Gasteiger partial charge in [-0.05, 0) is 87.1 Å². The van der Waals surface area contributed by atoms with E-state index in [9.17, 15) is 61.5 Å². The second-order valence-corrected chi connectivity index (χ2v) is 23.5. The van der Waals surface area contributed by atoms with Gasteiger partial charge in [-0.3, -0.25) is 9.59 Å². The fraction of sp³-hybridized carbons (Fsp3) is 0.477. The van der Waals surface area contributed by atoms with Gasteiger partial charge in [0.15, 0.2) is 12.3 Å². The molecule has 71 heavy (non-hydrogen) atoms. The summed E-state index contributed by atoms with van der Waals surface area (Å²) in [5.74, 6) is -1.91. The topological polar surface area (TPSA) is 302 Å². The first-order valence-electron chi connectivity index (χ1n) is 21.5. The number of anilines is 1. The normalized spacial score (nSPS) is 16.1. The molecule has 0 bridgehead atoms. The number of halogens is 1. The molecular weight excluding hydrogens is 1100 g/mol. The second kappa shape index (κ2) is 29.4. The Morgan fingerprint density at radius 2 is 1.30 bits per heavy atom. The van der Waals surface area contributed by atoms with Crippen molar-refractivity contribution in [2.45, 2.75) is 86.8 Å². The third-order valence-electron chi connectivity index (χ3n) is 11.4. The largest absolute Gasteiger partial charge is 1.00 e. The van der Waals surface area contributed by atoms with E-state index in [4.69, 9.17) is 4.74 Å². The van der Waals surface area contributed by atoms with Crippen LogP contribution in [-0.2, 0) is 65.6 Å². The number of ether oxygens (including phenoxy) is 1. The summed E-state index contributed by atoms with van der Waals surface area (Å²) in [5.41, 5.74) is 1.33. The van der Waals surface area contributed by atoms with E-state index < -0.39 is 72.6 Å². The summed E-state index contributed by atoms with van der Waals surface area (Å²) in [6.45, 7) is 7.49. The number of nitrogens with one attached hydrogen (secondary N) is 2. The Hall–Kier alpha value is -1.11. The number of amides is 2. The molecule has 2 aliphatic rings. The molecule has 2 aromatic carbocycles. The monoisotopic (exact) mass is 1160 g/mol. The molecule has 2 amide bonds. The number of hydrogen-bond acceptors (Lipinski definition) is 16. The van der Waals surface area contributed by atoms with E-state index in [2.05, 4.69) is 26.6 Å². The average molecular weight is 1160 g/mol. The molecule has 0 fully saturated rings. The van der Waals surface area contributed by atoms with Gasteiger partial charge in [0.25, 0.3) is 0 Å². The molecule has 0 aromatic heterocycles. The Kier molecular flexibility index (Phi) is 28.1. The summed E-state index contributed by atoms with van der Waals surface area (Å²) in [6, 6.07) is 7.45. The van der Waals surface area contributed by atoms with Gasteiger partial charge in [0.2, 0.25) is 17.5 Å². The van der Waals surface area contributed by atoms with Gasteiger partial charge in [0, 0.05) is 60.7 Å². The van der Waals surface area contributed by atoms with Crippen molar-refractivity contribution in [3.05, 3.63) is 95.3 Å². The molecule has 0 atom stereocenters.